The number of amides is 1. The molecule has 0 radical (unpaired) electrons. The number of hydrogen-bond donors (Lipinski definition) is 1. The molecule has 9 nitrogen and oxygen atoms in total. The van der Waals surface area contributed by atoms with Crippen LogP contribution in [0.3, 0.4) is 0 Å². The van der Waals surface area contributed by atoms with Gasteiger partial charge in [-0.05, 0) is 37.1 Å². The first kappa shape index (κ1) is 21.2. The summed E-state index contributed by atoms with van der Waals surface area (Å²) < 4.78 is 27.2. The molecule has 2 aromatic rings. The minimum absolute atomic E-state index is 0.248. The van der Waals surface area contributed by atoms with Gasteiger partial charge >= 0.3 is 0 Å². The molecule has 1 aliphatic heterocycles. The van der Waals surface area contributed by atoms with Gasteiger partial charge in [0.2, 0.25) is 16.4 Å². The van der Waals surface area contributed by atoms with Crippen LogP contribution in [0.2, 0.25) is 0 Å². The number of anilines is 1. The number of pyridine rings is 2. The molecule has 0 bridgehead atoms. The molecule has 1 N–H and O–H groups in total. The van der Waals surface area contributed by atoms with Gasteiger partial charge in [0.05, 0.1) is 11.8 Å². The van der Waals surface area contributed by atoms with Crippen molar-refractivity contribution in [3.8, 4) is 0 Å². The Morgan fingerprint density at radius 2 is 1.76 bits per heavy atom. The Kier molecular flexibility index (Phi) is 7.13. The second-order valence-corrected chi connectivity index (χ2v) is 8.87. The van der Waals surface area contributed by atoms with Crippen LogP contribution in [0.15, 0.2) is 48.8 Å². The lowest BCUT2D eigenvalue weighted by atomic mass is 10.1. The van der Waals surface area contributed by atoms with Gasteiger partial charge in [-0.1, -0.05) is 12.1 Å². The molecule has 1 aliphatic rings. The van der Waals surface area contributed by atoms with E-state index in [2.05, 4.69) is 9.97 Å². The van der Waals surface area contributed by atoms with Gasteiger partial charge in [-0.25, -0.2) is 18.5 Å². The Balaban J connectivity index is 1.60. The van der Waals surface area contributed by atoms with Crippen LogP contribution < -0.4 is 4.90 Å². The fourth-order valence-corrected chi connectivity index (χ4v) is 5.06. The van der Waals surface area contributed by atoms with Gasteiger partial charge in [0.1, 0.15) is 5.82 Å². The van der Waals surface area contributed by atoms with Crippen molar-refractivity contribution in [3.63, 3.8) is 0 Å². The largest absolute Gasteiger partial charge is 0.354 e. The SMILES string of the molecule is O=CN(O)C(CCc1ccccn1)CS(=O)(=O)N1CCN(c2ccccn2)CC1. The molecule has 3 rings (SSSR count). The van der Waals surface area contributed by atoms with Gasteiger partial charge in [-0.15, -0.1) is 0 Å². The van der Waals surface area contributed by atoms with Gasteiger partial charge < -0.3 is 4.90 Å². The van der Waals surface area contributed by atoms with Crippen molar-refractivity contribution >= 4 is 22.3 Å². The molecular formula is C19H25N5O4S. The summed E-state index contributed by atoms with van der Waals surface area (Å²) in [6.45, 7) is 1.73. The van der Waals surface area contributed by atoms with Gasteiger partial charge in [-0.3, -0.25) is 15.0 Å². The molecule has 1 atom stereocenters. The first-order valence-corrected chi connectivity index (χ1v) is 11.1. The minimum atomic E-state index is -3.64. The molecule has 2 aromatic heterocycles. The first-order valence-electron chi connectivity index (χ1n) is 9.46. The van der Waals surface area contributed by atoms with E-state index in [-0.39, 0.29) is 12.2 Å². The highest BCUT2D eigenvalue weighted by molar-refractivity contribution is 7.89. The number of hydrogen-bond acceptors (Lipinski definition) is 7. The lowest BCUT2D eigenvalue weighted by Gasteiger charge is -2.35. The molecule has 1 amide bonds. The van der Waals surface area contributed by atoms with Crippen LogP contribution in [0, 0.1) is 0 Å². The zero-order chi connectivity index (χ0) is 20.7. The third-order valence-corrected chi connectivity index (χ3v) is 6.91. The molecule has 0 aromatic carbocycles. The zero-order valence-corrected chi connectivity index (χ0v) is 16.9. The molecule has 1 fully saturated rings. The summed E-state index contributed by atoms with van der Waals surface area (Å²) in [6.07, 6.45) is 4.36. The number of rotatable bonds is 9. The molecule has 10 heteroatoms. The van der Waals surface area contributed by atoms with Crippen LogP contribution in [0.25, 0.3) is 0 Å². The number of carbonyl (C=O) groups is 1. The molecule has 29 heavy (non-hydrogen) atoms. The lowest BCUT2D eigenvalue weighted by Crippen LogP contribution is -2.51. The fourth-order valence-electron chi connectivity index (χ4n) is 3.32. The van der Waals surface area contributed by atoms with Crippen molar-refractivity contribution in [2.24, 2.45) is 0 Å². The highest BCUT2D eigenvalue weighted by Crippen LogP contribution is 2.17. The van der Waals surface area contributed by atoms with Crippen LogP contribution in [0.1, 0.15) is 12.1 Å². The van der Waals surface area contributed by atoms with E-state index in [1.165, 1.54) is 4.31 Å². The van der Waals surface area contributed by atoms with Crippen molar-refractivity contribution in [2.75, 3.05) is 36.8 Å². The maximum atomic E-state index is 12.9. The average molecular weight is 420 g/mol. The van der Waals surface area contributed by atoms with Gasteiger partial charge in [-0.2, -0.15) is 4.31 Å². The second-order valence-electron chi connectivity index (χ2n) is 6.85. The number of nitrogens with zero attached hydrogens (tertiary/aromatic N) is 5. The predicted octanol–water partition coefficient (Wildman–Crippen LogP) is 0.777. The van der Waals surface area contributed by atoms with E-state index < -0.39 is 16.1 Å². The zero-order valence-electron chi connectivity index (χ0n) is 16.0. The van der Waals surface area contributed by atoms with Gasteiger partial charge in [0.15, 0.2) is 0 Å². The maximum absolute atomic E-state index is 12.9. The fraction of sp³-hybridized carbons (Fsp3) is 0.421. The molecule has 0 saturated carbocycles. The molecule has 0 spiro atoms. The summed E-state index contributed by atoms with van der Waals surface area (Å²) in [4.78, 5) is 21.6. The Labute approximate surface area is 170 Å². The normalized spacial score (nSPS) is 16.4. The predicted molar refractivity (Wildman–Crippen MR) is 108 cm³/mol. The maximum Gasteiger partial charge on any atom is 0.233 e. The van der Waals surface area contributed by atoms with Crippen LogP contribution in [-0.2, 0) is 21.2 Å². The standard InChI is InChI=1S/C19H25N5O4S/c25-16-24(26)18(8-7-17-5-1-3-9-20-17)15-29(27,28)23-13-11-22(12-14-23)19-6-2-4-10-21-19/h1-6,9-10,16,18,26H,7-8,11-15H2. The van der Waals surface area contributed by atoms with Crippen molar-refractivity contribution in [3.05, 3.63) is 54.5 Å². The summed E-state index contributed by atoms with van der Waals surface area (Å²) in [5, 5.41) is 10.3. The van der Waals surface area contributed by atoms with E-state index in [1.807, 2.05) is 35.2 Å². The second kappa shape index (κ2) is 9.77. The Bertz CT molecular complexity index is 874. The third-order valence-electron chi connectivity index (χ3n) is 4.95. The van der Waals surface area contributed by atoms with E-state index in [1.54, 1.807) is 18.5 Å². The molecule has 1 unspecified atom stereocenters. The highest BCUT2D eigenvalue weighted by atomic mass is 32.2. The lowest BCUT2D eigenvalue weighted by molar-refractivity contribution is -0.158. The Morgan fingerprint density at radius 3 is 2.34 bits per heavy atom. The monoisotopic (exact) mass is 419 g/mol. The van der Waals surface area contributed by atoms with E-state index in [9.17, 15) is 18.4 Å². The minimum Gasteiger partial charge on any atom is -0.354 e. The summed E-state index contributed by atoms with van der Waals surface area (Å²) >= 11 is 0. The van der Waals surface area contributed by atoms with Crippen molar-refractivity contribution in [2.45, 2.75) is 18.9 Å². The number of aromatic nitrogens is 2. The highest BCUT2D eigenvalue weighted by Gasteiger charge is 2.31. The van der Waals surface area contributed by atoms with Gasteiger partial charge in [0.25, 0.3) is 0 Å². The van der Waals surface area contributed by atoms with E-state index in [4.69, 9.17) is 0 Å². The van der Waals surface area contributed by atoms with Gasteiger partial charge in [0, 0.05) is 44.3 Å². The molecule has 156 valence electrons. The summed E-state index contributed by atoms with van der Waals surface area (Å²) in [5.41, 5.74) is 0.776. The summed E-state index contributed by atoms with van der Waals surface area (Å²) in [5.74, 6) is 0.485. The van der Waals surface area contributed by atoms with Crippen LogP contribution in [-0.4, -0.2) is 77.3 Å². The van der Waals surface area contributed by atoms with Crippen molar-refractivity contribution in [1.82, 2.24) is 19.3 Å². The number of sulfonamides is 1. The third kappa shape index (κ3) is 5.72. The smallest absolute Gasteiger partial charge is 0.233 e. The van der Waals surface area contributed by atoms with Crippen molar-refractivity contribution in [1.29, 1.82) is 0 Å². The van der Waals surface area contributed by atoms with E-state index >= 15 is 0 Å². The topological polar surface area (TPSA) is 107 Å². The molecule has 3 heterocycles. The summed E-state index contributed by atoms with van der Waals surface area (Å²) in [6, 6.07) is 10.2. The number of carbonyl (C=O) groups excluding carboxylic acids is 1. The van der Waals surface area contributed by atoms with Crippen LogP contribution in [0.5, 0.6) is 0 Å². The Hall–Kier alpha value is -2.56. The number of piperazine rings is 1. The molecule has 1 saturated heterocycles. The quantitative estimate of drug-likeness (QED) is 0.364. The van der Waals surface area contributed by atoms with E-state index in [0.717, 1.165) is 11.5 Å². The first-order chi connectivity index (χ1) is 14.0. The number of aryl methyl sites for hydroxylation is 1. The van der Waals surface area contributed by atoms with E-state index in [0.29, 0.717) is 44.1 Å². The number of hydroxylamine groups is 2. The molecule has 0 aliphatic carbocycles. The van der Waals surface area contributed by atoms with Crippen LogP contribution in [0.4, 0.5) is 5.82 Å². The van der Waals surface area contributed by atoms with Crippen molar-refractivity contribution < 1.29 is 18.4 Å². The van der Waals surface area contributed by atoms with Crippen LogP contribution >= 0.6 is 0 Å². The average Bonchev–Trinajstić information content (AvgIpc) is 2.77. The Morgan fingerprint density at radius 1 is 1.07 bits per heavy atom. The summed E-state index contributed by atoms with van der Waals surface area (Å²) in [7, 11) is -3.64. The molecular weight excluding hydrogens is 394 g/mol.